The van der Waals surface area contributed by atoms with Crippen molar-refractivity contribution in [3.8, 4) is 5.75 Å². The molecular formula is C29H28FN5O5. The maximum absolute atomic E-state index is 14.3. The van der Waals surface area contributed by atoms with Crippen LogP contribution in [0.1, 0.15) is 69.9 Å². The second kappa shape index (κ2) is 9.58. The number of fused-ring (bicyclic) bond motifs is 5. The number of hydrogen-bond acceptors (Lipinski definition) is 7. The molecule has 6 rings (SSSR count). The van der Waals surface area contributed by atoms with Crippen molar-refractivity contribution in [1.82, 2.24) is 19.8 Å². The van der Waals surface area contributed by atoms with Crippen LogP contribution in [0.3, 0.4) is 0 Å². The van der Waals surface area contributed by atoms with Crippen molar-refractivity contribution < 1.29 is 23.9 Å². The molecule has 3 aliphatic heterocycles. The molecule has 3 aromatic rings. The molecule has 0 aliphatic carbocycles. The molecule has 2 amide bonds. The Morgan fingerprint density at radius 1 is 1.27 bits per heavy atom. The summed E-state index contributed by atoms with van der Waals surface area (Å²) in [5.41, 5.74) is -0.0961. The lowest BCUT2D eigenvalue weighted by Gasteiger charge is -2.41. The van der Waals surface area contributed by atoms with Crippen LogP contribution < -0.4 is 10.7 Å². The van der Waals surface area contributed by atoms with E-state index in [0.29, 0.717) is 30.7 Å². The van der Waals surface area contributed by atoms with Gasteiger partial charge in [0.25, 0.3) is 11.8 Å². The number of pyridine rings is 2. The third kappa shape index (κ3) is 4.12. The van der Waals surface area contributed by atoms with E-state index in [-0.39, 0.29) is 36.0 Å². The van der Waals surface area contributed by atoms with E-state index < -0.39 is 40.5 Å². The lowest BCUT2D eigenvalue weighted by Crippen LogP contribution is -2.52. The third-order valence-corrected chi connectivity index (χ3v) is 8.16. The molecule has 2 bridgehead atoms. The van der Waals surface area contributed by atoms with Crippen molar-refractivity contribution >= 4 is 17.5 Å². The normalized spacial score (nSPS) is 23.3. The highest BCUT2D eigenvalue weighted by Gasteiger charge is 2.54. The average Bonchev–Trinajstić information content (AvgIpc) is 3.33. The number of nitrogens with one attached hydrogen (secondary N) is 1. The van der Waals surface area contributed by atoms with Crippen LogP contribution in [0.25, 0.3) is 0 Å². The van der Waals surface area contributed by atoms with E-state index in [1.165, 1.54) is 16.8 Å². The molecule has 11 heteroatoms. The van der Waals surface area contributed by atoms with Crippen molar-refractivity contribution in [2.75, 3.05) is 6.54 Å². The van der Waals surface area contributed by atoms with Crippen LogP contribution in [0.15, 0.2) is 58.7 Å². The molecule has 40 heavy (non-hydrogen) atoms. The smallest absolute Gasteiger partial charge is 0.274 e. The molecule has 10 nitrogen and oxygen atoms in total. The molecule has 2 N–H and O–H groups in total. The van der Waals surface area contributed by atoms with Crippen molar-refractivity contribution in [3.05, 3.63) is 92.9 Å². The first-order chi connectivity index (χ1) is 19.2. The minimum atomic E-state index is -0.971. The van der Waals surface area contributed by atoms with Crippen molar-refractivity contribution in [2.45, 2.75) is 57.3 Å². The van der Waals surface area contributed by atoms with Crippen LogP contribution in [0.5, 0.6) is 5.75 Å². The average molecular weight is 546 g/mol. The van der Waals surface area contributed by atoms with Gasteiger partial charge in [-0.15, -0.1) is 0 Å². The highest BCUT2D eigenvalue weighted by molar-refractivity contribution is 6.01. The first kappa shape index (κ1) is 25.7. The summed E-state index contributed by atoms with van der Waals surface area (Å²) in [7, 11) is 0. The largest absolute Gasteiger partial charge is 0.503 e. The van der Waals surface area contributed by atoms with Crippen LogP contribution >= 0.6 is 0 Å². The number of halogens is 1. The monoisotopic (exact) mass is 545 g/mol. The van der Waals surface area contributed by atoms with Gasteiger partial charge < -0.3 is 24.7 Å². The summed E-state index contributed by atoms with van der Waals surface area (Å²) in [6.45, 7) is 3.76. The van der Waals surface area contributed by atoms with E-state index >= 15 is 0 Å². The van der Waals surface area contributed by atoms with E-state index in [4.69, 9.17) is 4.84 Å². The summed E-state index contributed by atoms with van der Waals surface area (Å²) in [4.78, 5) is 52.0. The van der Waals surface area contributed by atoms with E-state index in [9.17, 15) is 23.9 Å². The Morgan fingerprint density at radius 3 is 2.85 bits per heavy atom. The Hall–Kier alpha value is -4.54. The lowest BCUT2D eigenvalue weighted by molar-refractivity contribution is -0.0655. The van der Waals surface area contributed by atoms with Crippen molar-refractivity contribution in [3.63, 3.8) is 0 Å². The first-order valence-corrected chi connectivity index (χ1v) is 13.2. The number of carbonyl (C=O) groups excluding carboxylic acids is 2. The lowest BCUT2D eigenvalue weighted by atomic mass is 9.83. The van der Waals surface area contributed by atoms with Gasteiger partial charge in [0.05, 0.1) is 11.7 Å². The molecular weight excluding hydrogens is 517 g/mol. The third-order valence-electron chi connectivity index (χ3n) is 8.16. The molecule has 5 heterocycles. The number of nitrogens with zero attached hydrogens (tertiary/aromatic N) is 4. The molecule has 1 aromatic carbocycles. The Labute approximate surface area is 229 Å². The fourth-order valence-electron chi connectivity index (χ4n) is 5.85. The van der Waals surface area contributed by atoms with Gasteiger partial charge in [0.15, 0.2) is 17.0 Å². The van der Waals surface area contributed by atoms with Crippen LogP contribution in [0.2, 0.25) is 0 Å². The Bertz CT molecular complexity index is 1620. The highest BCUT2D eigenvalue weighted by atomic mass is 19.1. The second-order valence-electron chi connectivity index (χ2n) is 10.7. The van der Waals surface area contributed by atoms with E-state index in [2.05, 4.69) is 15.5 Å². The number of benzene rings is 1. The molecule has 1 spiro atoms. The second-order valence-corrected chi connectivity index (χ2v) is 10.7. The molecule has 0 radical (unpaired) electrons. The molecule has 3 aliphatic rings. The van der Waals surface area contributed by atoms with E-state index in [1.807, 2.05) is 25.1 Å². The molecule has 3 atom stereocenters. The number of amides is 2. The van der Waals surface area contributed by atoms with Gasteiger partial charge in [-0.25, -0.2) is 4.39 Å². The molecule has 1 saturated heterocycles. The number of oxime groups is 1. The fraction of sp³-hybridized carbons (Fsp3) is 0.345. The molecule has 206 valence electrons. The number of rotatable bonds is 4. The van der Waals surface area contributed by atoms with E-state index in [1.54, 1.807) is 30.2 Å². The maximum atomic E-state index is 14.3. The van der Waals surface area contributed by atoms with Gasteiger partial charge in [0, 0.05) is 43.5 Å². The van der Waals surface area contributed by atoms with Gasteiger partial charge >= 0.3 is 0 Å². The Morgan fingerprint density at radius 2 is 2.10 bits per heavy atom. The zero-order chi connectivity index (χ0) is 28.2. The summed E-state index contributed by atoms with van der Waals surface area (Å²) < 4.78 is 15.8. The Balaban J connectivity index is 1.38. The zero-order valence-corrected chi connectivity index (χ0v) is 22.1. The minimum Gasteiger partial charge on any atom is -0.503 e. The van der Waals surface area contributed by atoms with Crippen LogP contribution in [-0.2, 0) is 11.4 Å². The number of aryl methyl sites for hydroxylation is 1. The van der Waals surface area contributed by atoms with E-state index in [0.717, 1.165) is 5.56 Å². The van der Waals surface area contributed by atoms with Crippen LogP contribution in [0.4, 0.5) is 4.39 Å². The quantitative estimate of drug-likeness (QED) is 0.519. The zero-order valence-electron chi connectivity index (χ0n) is 22.1. The topological polar surface area (TPSA) is 126 Å². The molecule has 2 aromatic heterocycles. The summed E-state index contributed by atoms with van der Waals surface area (Å²) in [5.74, 6) is -2.57. The van der Waals surface area contributed by atoms with Gasteiger partial charge in [-0.1, -0.05) is 23.4 Å². The fourth-order valence-corrected chi connectivity index (χ4v) is 5.85. The van der Waals surface area contributed by atoms with Gasteiger partial charge in [0.1, 0.15) is 17.1 Å². The molecule has 0 unspecified atom stereocenters. The number of hydrogen-bond donors (Lipinski definition) is 2. The first-order valence-electron chi connectivity index (χ1n) is 13.2. The number of carbonyl (C=O) groups is 2. The molecule has 1 fully saturated rings. The standard InChI is InChI=1S/C29H28FN5O5/c1-16-6-7-18(20(30)11-16)13-32-27(38)19-14-35-23-15-34(28(39)24(35)26(37)25(19)36)17(2)8-9-29(23)12-22(33-40-29)21-5-3-4-10-31-21/h3-7,10-11,14,17,23,37H,8-9,12-13,15H2,1-2H3,(H,32,38)/t17-,23+,29-/m0/s1. The van der Waals surface area contributed by atoms with Crippen molar-refractivity contribution in [2.24, 2.45) is 5.16 Å². The van der Waals surface area contributed by atoms with Gasteiger partial charge in [-0.3, -0.25) is 19.4 Å². The number of aromatic hydroxyl groups is 1. The molecule has 0 saturated carbocycles. The SMILES string of the molecule is Cc1ccc(CNC(=O)c2cn3c(c(O)c2=O)C(=O)N2C[C@@H]3[C@]3(CC[C@@H]2C)CC(c2ccccn2)=NO3)c(F)c1. The maximum Gasteiger partial charge on any atom is 0.274 e. The number of aromatic nitrogens is 2. The summed E-state index contributed by atoms with van der Waals surface area (Å²) in [6, 6.07) is 9.41. The Kier molecular flexibility index (Phi) is 6.16. The van der Waals surface area contributed by atoms with Gasteiger partial charge in [-0.05, 0) is 50.5 Å². The summed E-state index contributed by atoms with van der Waals surface area (Å²) >= 11 is 0. The van der Waals surface area contributed by atoms with Crippen molar-refractivity contribution in [1.29, 1.82) is 0 Å². The highest BCUT2D eigenvalue weighted by Crippen LogP contribution is 2.46. The van der Waals surface area contributed by atoms with Gasteiger partial charge in [0.2, 0.25) is 5.43 Å². The van der Waals surface area contributed by atoms with Crippen LogP contribution in [0, 0.1) is 12.7 Å². The summed E-state index contributed by atoms with van der Waals surface area (Å²) in [6.07, 6.45) is 4.53. The summed E-state index contributed by atoms with van der Waals surface area (Å²) in [5, 5.41) is 17.9. The van der Waals surface area contributed by atoms with Gasteiger partial charge in [-0.2, -0.15) is 0 Å². The van der Waals surface area contributed by atoms with Crippen LogP contribution in [-0.4, -0.2) is 55.3 Å². The predicted molar refractivity (Wildman–Crippen MR) is 143 cm³/mol. The minimum absolute atomic E-state index is 0.158. The predicted octanol–water partition coefficient (Wildman–Crippen LogP) is 3.07.